The fourth-order valence-corrected chi connectivity index (χ4v) is 2.05. The molecule has 3 N–H and O–H groups in total. The van der Waals surface area contributed by atoms with Crippen molar-refractivity contribution in [2.75, 3.05) is 19.7 Å². The van der Waals surface area contributed by atoms with Crippen LogP contribution in [0.1, 0.15) is 33.1 Å². The highest BCUT2D eigenvalue weighted by Crippen LogP contribution is 2.16. The molecule has 0 saturated carbocycles. The zero-order valence-corrected chi connectivity index (χ0v) is 11.7. The van der Waals surface area contributed by atoms with E-state index in [2.05, 4.69) is 0 Å². The zero-order chi connectivity index (χ0) is 14.4. The van der Waals surface area contributed by atoms with Crippen molar-refractivity contribution in [3.05, 3.63) is 0 Å². The molecule has 6 nitrogen and oxygen atoms in total. The highest BCUT2D eigenvalue weighted by Gasteiger charge is 2.27. The van der Waals surface area contributed by atoms with Gasteiger partial charge in [-0.15, -0.1) is 0 Å². The number of carbonyl (C=O) groups is 2. The number of carbonyl (C=O) groups excluding carboxylic acids is 1. The van der Waals surface area contributed by atoms with E-state index in [0.29, 0.717) is 13.1 Å². The number of aliphatic carboxylic acids is 1. The van der Waals surface area contributed by atoms with Crippen molar-refractivity contribution in [1.29, 1.82) is 0 Å². The third kappa shape index (κ3) is 5.16. The highest BCUT2D eigenvalue weighted by molar-refractivity contribution is 5.82. The molecule has 1 atom stereocenters. The number of nitrogens with two attached hydrogens (primary N) is 1. The number of carboxylic acid groups (broad SMARTS) is 1. The van der Waals surface area contributed by atoms with Gasteiger partial charge in [-0.1, -0.05) is 13.8 Å². The first-order valence-electron chi connectivity index (χ1n) is 6.79. The zero-order valence-electron chi connectivity index (χ0n) is 11.7. The molecule has 0 radical (unpaired) electrons. The maximum atomic E-state index is 12.0. The van der Waals surface area contributed by atoms with Crippen molar-refractivity contribution in [3.8, 4) is 0 Å². The molecule has 19 heavy (non-hydrogen) atoms. The van der Waals surface area contributed by atoms with Gasteiger partial charge in [-0.25, -0.2) is 0 Å². The summed E-state index contributed by atoms with van der Waals surface area (Å²) < 4.78 is 5.48. The summed E-state index contributed by atoms with van der Waals surface area (Å²) in [6.45, 7) is 5.38. The Hall–Kier alpha value is -1.14. The largest absolute Gasteiger partial charge is 0.481 e. The van der Waals surface area contributed by atoms with Gasteiger partial charge in [-0.3, -0.25) is 9.59 Å². The number of carboxylic acids is 1. The molecule has 0 aromatic rings. The molecule has 110 valence electrons. The first kappa shape index (κ1) is 15.9. The molecule has 1 saturated heterocycles. The van der Waals surface area contributed by atoms with Crippen LogP contribution in [0, 0.1) is 5.92 Å². The van der Waals surface area contributed by atoms with E-state index >= 15 is 0 Å². The number of piperidine rings is 1. The minimum Gasteiger partial charge on any atom is -0.481 e. The van der Waals surface area contributed by atoms with Crippen LogP contribution < -0.4 is 5.73 Å². The molecule has 1 aliphatic heterocycles. The summed E-state index contributed by atoms with van der Waals surface area (Å²) in [5, 5.41) is 8.52. The average molecular weight is 272 g/mol. The third-order valence-corrected chi connectivity index (χ3v) is 3.43. The summed E-state index contributed by atoms with van der Waals surface area (Å²) in [6.07, 6.45) is 1.57. The van der Waals surface area contributed by atoms with Gasteiger partial charge in [-0.05, 0) is 18.8 Å². The van der Waals surface area contributed by atoms with E-state index in [1.54, 1.807) is 4.90 Å². The second-order valence-electron chi connectivity index (χ2n) is 5.31. The maximum absolute atomic E-state index is 12.0. The van der Waals surface area contributed by atoms with E-state index in [9.17, 15) is 9.59 Å². The van der Waals surface area contributed by atoms with Crippen molar-refractivity contribution < 1.29 is 19.4 Å². The molecule has 0 spiro atoms. The summed E-state index contributed by atoms with van der Waals surface area (Å²) in [7, 11) is 0. The highest BCUT2D eigenvalue weighted by atomic mass is 16.5. The smallest absolute Gasteiger partial charge is 0.305 e. The third-order valence-electron chi connectivity index (χ3n) is 3.43. The summed E-state index contributed by atoms with van der Waals surface area (Å²) in [5.41, 5.74) is 5.85. The summed E-state index contributed by atoms with van der Waals surface area (Å²) in [5.74, 6) is -0.716. The van der Waals surface area contributed by atoms with E-state index in [-0.39, 0.29) is 31.0 Å². The van der Waals surface area contributed by atoms with Crippen LogP contribution in [0.5, 0.6) is 0 Å². The van der Waals surface area contributed by atoms with Crippen LogP contribution in [0.2, 0.25) is 0 Å². The van der Waals surface area contributed by atoms with Crippen LogP contribution in [0.4, 0.5) is 0 Å². The molecule has 1 fully saturated rings. The van der Waals surface area contributed by atoms with Gasteiger partial charge in [0.15, 0.2) is 0 Å². The molecular formula is C13H24N2O4. The Morgan fingerprint density at radius 3 is 2.42 bits per heavy atom. The number of ether oxygens (including phenoxy) is 1. The molecular weight excluding hydrogens is 248 g/mol. The van der Waals surface area contributed by atoms with E-state index in [0.717, 1.165) is 12.8 Å². The lowest BCUT2D eigenvalue weighted by Gasteiger charge is -2.34. The first-order chi connectivity index (χ1) is 8.91. The Kier molecular flexibility index (Phi) is 6.24. The number of nitrogens with zero attached hydrogens (tertiary/aromatic N) is 1. The van der Waals surface area contributed by atoms with E-state index in [1.807, 2.05) is 13.8 Å². The molecule has 0 aromatic carbocycles. The maximum Gasteiger partial charge on any atom is 0.305 e. The Bertz CT molecular complexity index is 312. The van der Waals surface area contributed by atoms with Gasteiger partial charge in [0.1, 0.15) is 0 Å². The van der Waals surface area contributed by atoms with E-state index in [4.69, 9.17) is 15.6 Å². The lowest BCUT2D eigenvalue weighted by molar-refractivity contribution is -0.139. The van der Waals surface area contributed by atoms with Gasteiger partial charge >= 0.3 is 5.97 Å². The Morgan fingerprint density at radius 1 is 1.37 bits per heavy atom. The molecule has 1 rings (SSSR count). The Balaban J connectivity index is 2.28. The standard InChI is InChI=1S/C13H24N2O4/c1-9(2)12(14)13(18)15-6-3-10(4-7-15)19-8-5-11(16)17/h9-10,12H,3-8,14H2,1-2H3,(H,16,17)/t12-/m0/s1. The van der Waals surface area contributed by atoms with Gasteiger partial charge in [-0.2, -0.15) is 0 Å². The van der Waals surface area contributed by atoms with Crippen LogP contribution in [-0.4, -0.2) is 53.7 Å². The lowest BCUT2D eigenvalue weighted by Crippen LogP contribution is -2.50. The summed E-state index contributed by atoms with van der Waals surface area (Å²) in [6, 6.07) is -0.440. The van der Waals surface area contributed by atoms with Crippen LogP contribution in [0.3, 0.4) is 0 Å². The molecule has 0 bridgehead atoms. The number of hydrogen-bond acceptors (Lipinski definition) is 4. The second-order valence-corrected chi connectivity index (χ2v) is 5.31. The summed E-state index contributed by atoms with van der Waals surface area (Å²) in [4.78, 5) is 24.2. The minimum absolute atomic E-state index is 0.000939. The van der Waals surface area contributed by atoms with Crippen molar-refractivity contribution in [1.82, 2.24) is 4.90 Å². The number of hydrogen-bond donors (Lipinski definition) is 2. The van der Waals surface area contributed by atoms with Gasteiger partial charge < -0.3 is 20.5 Å². The van der Waals surface area contributed by atoms with Crippen molar-refractivity contribution in [3.63, 3.8) is 0 Å². The van der Waals surface area contributed by atoms with Crippen LogP contribution in [-0.2, 0) is 14.3 Å². The minimum atomic E-state index is -0.851. The van der Waals surface area contributed by atoms with Gasteiger partial charge in [0, 0.05) is 13.1 Å². The molecule has 1 aliphatic rings. The van der Waals surface area contributed by atoms with Crippen molar-refractivity contribution in [2.24, 2.45) is 11.7 Å². The average Bonchev–Trinajstić information content (AvgIpc) is 2.37. The Morgan fingerprint density at radius 2 is 1.95 bits per heavy atom. The molecule has 1 heterocycles. The van der Waals surface area contributed by atoms with Crippen LogP contribution in [0.25, 0.3) is 0 Å². The quantitative estimate of drug-likeness (QED) is 0.732. The van der Waals surface area contributed by atoms with Crippen LogP contribution in [0.15, 0.2) is 0 Å². The summed E-state index contributed by atoms with van der Waals surface area (Å²) >= 11 is 0. The predicted octanol–water partition coefficient (Wildman–Crippen LogP) is 0.452. The fourth-order valence-electron chi connectivity index (χ4n) is 2.05. The topological polar surface area (TPSA) is 92.9 Å². The number of likely N-dealkylation sites (tertiary alicyclic amines) is 1. The van der Waals surface area contributed by atoms with Crippen molar-refractivity contribution >= 4 is 11.9 Å². The predicted molar refractivity (Wildman–Crippen MR) is 70.6 cm³/mol. The van der Waals surface area contributed by atoms with Crippen molar-refractivity contribution in [2.45, 2.75) is 45.3 Å². The monoisotopic (exact) mass is 272 g/mol. The van der Waals surface area contributed by atoms with Gasteiger partial charge in [0.25, 0.3) is 0 Å². The normalized spacial score (nSPS) is 18.6. The second kappa shape index (κ2) is 7.45. The SMILES string of the molecule is CC(C)[C@H](N)C(=O)N1CCC(OCCC(=O)O)CC1. The fraction of sp³-hybridized carbons (Fsp3) is 0.846. The molecule has 1 amide bonds. The lowest BCUT2D eigenvalue weighted by atomic mass is 10.0. The van der Waals surface area contributed by atoms with E-state index in [1.165, 1.54) is 0 Å². The molecule has 0 aliphatic carbocycles. The molecule has 6 heteroatoms. The van der Waals surface area contributed by atoms with Gasteiger partial charge in [0.05, 0.1) is 25.2 Å². The first-order valence-corrected chi connectivity index (χ1v) is 6.79. The number of rotatable bonds is 6. The number of amides is 1. The molecule has 0 unspecified atom stereocenters. The van der Waals surface area contributed by atoms with E-state index < -0.39 is 12.0 Å². The Labute approximate surface area is 113 Å². The van der Waals surface area contributed by atoms with Gasteiger partial charge in [0.2, 0.25) is 5.91 Å². The van der Waals surface area contributed by atoms with Crippen LogP contribution >= 0.6 is 0 Å². The molecule has 0 aromatic heterocycles.